The van der Waals surface area contributed by atoms with E-state index in [2.05, 4.69) is 16.0 Å². The minimum absolute atomic E-state index is 0.0715. The molecule has 0 radical (unpaired) electrons. The Balaban J connectivity index is 1.93. The molecule has 1 fully saturated rings. The van der Waals surface area contributed by atoms with E-state index in [-0.39, 0.29) is 18.2 Å². The fraction of sp³-hybridized carbons (Fsp3) is 0.429. The maximum atomic E-state index is 11.8. The Morgan fingerprint density at radius 2 is 1.95 bits per heavy atom. The lowest BCUT2D eigenvalue weighted by molar-refractivity contribution is -0.120. The summed E-state index contributed by atoms with van der Waals surface area (Å²) in [7, 11) is 1.60. The van der Waals surface area contributed by atoms with Gasteiger partial charge in [0.25, 0.3) is 0 Å². The molecule has 2 rings (SSSR count). The standard InChI is InChI=1S/C14H19N3O2/c1-15-13(18)8-10-4-2-3-5-12(10)17-14(19)9-16-11-6-7-11/h2-5,11,16H,6-9H2,1H3,(H,15,18)(H,17,19). The predicted octanol–water partition coefficient (Wildman–Crippen LogP) is 0.666. The highest BCUT2D eigenvalue weighted by molar-refractivity contribution is 5.94. The van der Waals surface area contributed by atoms with Crippen molar-refractivity contribution in [2.75, 3.05) is 18.9 Å². The van der Waals surface area contributed by atoms with Crippen LogP contribution < -0.4 is 16.0 Å². The molecule has 5 heteroatoms. The lowest BCUT2D eigenvalue weighted by Crippen LogP contribution is -2.30. The summed E-state index contributed by atoms with van der Waals surface area (Å²) in [6, 6.07) is 7.87. The summed E-state index contributed by atoms with van der Waals surface area (Å²) >= 11 is 0. The van der Waals surface area contributed by atoms with E-state index in [1.165, 1.54) is 0 Å². The number of carbonyl (C=O) groups excluding carboxylic acids is 2. The molecule has 0 aromatic heterocycles. The molecule has 0 saturated heterocycles. The highest BCUT2D eigenvalue weighted by Gasteiger charge is 2.21. The van der Waals surface area contributed by atoms with Crippen LogP contribution in [0.1, 0.15) is 18.4 Å². The normalized spacial score (nSPS) is 13.9. The lowest BCUT2D eigenvalue weighted by Gasteiger charge is -2.11. The quantitative estimate of drug-likeness (QED) is 0.705. The average molecular weight is 261 g/mol. The number of hydrogen-bond donors (Lipinski definition) is 3. The van der Waals surface area contributed by atoms with Gasteiger partial charge < -0.3 is 16.0 Å². The zero-order chi connectivity index (χ0) is 13.7. The third-order valence-corrected chi connectivity index (χ3v) is 3.05. The van der Waals surface area contributed by atoms with Gasteiger partial charge in [0.05, 0.1) is 13.0 Å². The zero-order valence-corrected chi connectivity index (χ0v) is 11.0. The molecular formula is C14H19N3O2. The van der Waals surface area contributed by atoms with Crippen molar-refractivity contribution >= 4 is 17.5 Å². The number of rotatable bonds is 6. The third-order valence-electron chi connectivity index (χ3n) is 3.05. The van der Waals surface area contributed by atoms with Crippen molar-refractivity contribution in [3.05, 3.63) is 29.8 Å². The molecule has 0 spiro atoms. The van der Waals surface area contributed by atoms with Crippen LogP contribution in [0, 0.1) is 0 Å². The number of carbonyl (C=O) groups is 2. The van der Waals surface area contributed by atoms with Crippen LogP contribution in [0.3, 0.4) is 0 Å². The van der Waals surface area contributed by atoms with Gasteiger partial charge in [-0.2, -0.15) is 0 Å². The van der Waals surface area contributed by atoms with Crippen LogP contribution >= 0.6 is 0 Å². The number of hydrogen-bond acceptors (Lipinski definition) is 3. The van der Waals surface area contributed by atoms with E-state index in [0.717, 1.165) is 18.4 Å². The number of benzene rings is 1. The molecule has 1 aliphatic rings. The molecule has 0 unspecified atom stereocenters. The summed E-state index contributed by atoms with van der Waals surface area (Å²) in [6.45, 7) is 0.318. The molecule has 1 aromatic carbocycles. The van der Waals surface area contributed by atoms with Crippen LogP contribution in [0.25, 0.3) is 0 Å². The van der Waals surface area contributed by atoms with Gasteiger partial charge in [0.2, 0.25) is 11.8 Å². The Morgan fingerprint density at radius 3 is 2.63 bits per heavy atom. The van der Waals surface area contributed by atoms with Crippen molar-refractivity contribution in [2.45, 2.75) is 25.3 Å². The monoisotopic (exact) mass is 261 g/mol. The SMILES string of the molecule is CNC(=O)Cc1ccccc1NC(=O)CNC1CC1. The van der Waals surface area contributed by atoms with Gasteiger partial charge in [-0.25, -0.2) is 0 Å². The number of anilines is 1. The predicted molar refractivity (Wildman–Crippen MR) is 73.9 cm³/mol. The topological polar surface area (TPSA) is 70.2 Å². The Labute approximate surface area is 112 Å². The Morgan fingerprint density at radius 1 is 1.21 bits per heavy atom. The van der Waals surface area contributed by atoms with Crippen LogP contribution in [0.2, 0.25) is 0 Å². The van der Waals surface area contributed by atoms with E-state index in [0.29, 0.717) is 18.3 Å². The summed E-state index contributed by atoms with van der Waals surface area (Å²) in [5.41, 5.74) is 1.52. The van der Waals surface area contributed by atoms with E-state index in [1.54, 1.807) is 7.05 Å². The molecule has 0 heterocycles. The minimum Gasteiger partial charge on any atom is -0.359 e. The summed E-state index contributed by atoms with van der Waals surface area (Å²) in [5.74, 6) is -0.144. The van der Waals surface area contributed by atoms with Crippen molar-refractivity contribution in [1.82, 2.24) is 10.6 Å². The van der Waals surface area contributed by atoms with E-state index in [4.69, 9.17) is 0 Å². The minimum atomic E-state index is -0.0729. The highest BCUT2D eigenvalue weighted by atomic mass is 16.2. The first-order valence-electron chi connectivity index (χ1n) is 6.50. The Kier molecular flexibility index (Phi) is 4.52. The first-order valence-corrected chi connectivity index (χ1v) is 6.50. The Bertz CT molecular complexity index is 470. The summed E-state index contributed by atoms with van der Waals surface area (Å²) in [6.07, 6.45) is 2.57. The Hall–Kier alpha value is -1.88. The van der Waals surface area contributed by atoms with Crippen LogP contribution in [-0.4, -0.2) is 31.4 Å². The lowest BCUT2D eigenvalue weighted by atomic mass is 10.1. The molecule has 2 amide bonds. The summed E-state index contributed by atoms with van der Waals surface area (Å²) < 4.78 is 0. The summed E-state index contributed by atoms with van der Waals surface area (Å²) in [5, 5.41) is 8.58. The third kappa shape index (κ3) is 4.37. The van der Waals surface area contributed by atoms with Gasteiger partial charge >= 0.3 is 0 Å². The first kappa shape index (κ1) is 13.5. The van der Waals surface area contributed by atoms with Crippen LogP contribution in [0.5, 0.6) is 0 Å². The van der Waals surface area contributed by atoms with Gasteiger partial charge in [0, 0.05) is 18.8 Å². The number of para-hydroxylation sites is 1. The van der Waals surface area contributed by atoms with Crippen molar-refractivity contribution in [1.29, 1.82) is 0 Å². The van der Waals surface area contributed by atoms with E-state index < -0.39 is 0 Å². The van der Waals surface area contributed by atoms with Gasteiger partial charge in [-0.3, -0.25) is 9.59 Å². The van der Waals surface area contributed by atoms with E-state index in [9.17, 15) is 9.59 Å². The molecular weight excluding hydrogens is 242 g/mol. The number of likely N-dealkylation sites (N-methyl/N-ethyl adjacent to an activating group) is 1. The number of amides is 2. The van der Waals surface area contributed by atoms with E-state index in [1.807, 2.05) is 24.3 Å². The molecule has 1 aromatic rings. The fourth-order valence-corrected chi connectivity index (χ4v) is 1.78. The molecule has 19 heavy (non-hydrogen) atoms. The van der Waals surface area contributed by atoms with E-state index >= 15 is 0 Å². The van der Waals surface area contributed by atoms with Gasteiger partial charge in [-0.15, -0.1) is 0 Å². The van der Waals surface area contributed by atoms with Crippen molar-refractivity contribution in [3.63, 3.8) is 0 Å². The molecule has 1 saturated carbocycles. The average Bonchev–Trinajstić information content (AvgIpc) is 3.22. The molecule has 0 atom stereocenters. The smallest absolute Gasteiger partial charge is 0.238 e. The second-order valence-electron chi connectivity index (χ2n) is 4.71. The molecule has 0 aliphatic heterocycles. The van der Waals surface area contributed by atoms with Gasteiger partial charge in [-0.05, 0) is 24.5 Å². The van der Waals surface area contributed by atoms with Crippen molar-refractivity contribution < 1.29 is 9.59 Å². The van der Waals surface area contributed by atoms with Crippen LogP contribution in [0.15, 0.2) is 24.3 Å². The van der Waals surface area contributed by atoms with Crippen LogP contribution in [-0.2, 0) is 16.0 Å². The molecule has 3 N–H and O–H groups in total. The first-order chi connectivity index (χ1) is 9.19. The van der Waals surface area contributed by atoms with Crippen molar-refractivity contribution in [3.8, 4) is 0 Å². The zero-order valence-electron chi connectivity index (χ0n) is 11.0. The maximum Gasteiger partial charge on any atom is 0.238 e. The van der Waals surface area contributed by atoms with Gasteiger partial charge in [-0.1, -0.05) is 18.2 Å². The molecule has 1 aliphatic carbocycles. The molecule has 102 valence electrons. The largest absolute Gasteiger partial charge is 0.359 e. The van der Waals surface area contributed by atoms with Gasteiger partial charge in [0.1, 0.15) is 0 Å². The van der Waals surface area contributed by atoms with Crippen LogP contribution in [0.4, 0.5) is 5.69 Å². The van der Waals surface area contributed by atoms with Crippen molar-refractivity contribution in [2.24, 2.45) is 0 Å². The fourth-order valence-electron chi connectivity index (χ4n) is 1.78. The van der Waals surface area contributed by atoms with Gasteiger partial charge in [0.15, 0.2) is 0 Å². The second kappa shape index (κ2) is 6.33. The second-order valence-corrected chi connectivity index (χ2v) is 4.71. The maximum absolute atomic E-state index is 11.8. The summed E-state index contributed by atoms with van der Waals surface area (Å²) in [4.78, 5) is 23.2. The molecule has 0 bridgehead atoms. The molecule has 5 nitrogen and oxygen atoms in total. The number of nitrogens with one attached hydrogen (secondary N) is 3. The highest BCUT2D eigenvalue weighted by Crippen LogP contribution is 2.18.